The second-order valence-corrected chi connectivity index (χ2v) is 2.65. The van der Waals surface area contributed by atoms with E-state index in [1.54, 1.807) is 0 Å². The Balaban J connectivity index is 3.10. The van der Waals surface area contributed by atoms with Crippen molar-refractivity contribution in [1.29, 1.82) is 0 Å². The van der Waals surface area contributed by atoms with Crippen LogP contribution in [0.5, 0.6) is 0 Å². The first-order valence-corrected chi connectivity index (χ1v) is 3.78. The molecule has 0 aliphatic heterocycles. The van der Waals surface area contributed by atoms with Gasteiger partial charge >= 0.3 is 0 Å². The molecule has 0 amide bonds. The number of carbonyl (C=O) groups is 1. The van der Waals surface area contributed by atoms with Crippen LogP contribution in [0.25, 0.3) is 0 Å². The molecule has 0 atom stereocenters. The lowest BCUT2D eigenvalue weighted by Crippen LogP contribution is -1.91. The molecule has 1 N–H and O–H groups in total. The standard InChI is InChI=1S/C7H9ClN2O/c1-3-5-4(2)6(7(8)11)10-9-5/h3H2,1-2H3,(H,9,10). The number of nitrogens with one attached hydrogen (secondary N) is 1. The van der Waals surface area contributed by atoms with E-state index in [2.05, 4.69) is 10.2 Å². The van der Waals surface area contributed by atoms with Crippen molar-refractivity contribution in [2.24, 2.45) is 0 Å². The summed E-state index contributed by atoms with van der Waals surface area (Å²) in [5.74, 6) is 0. The minimum Gasteiger partial charge on any atom is -0.282 e. The molecule has 0 aliphatic rings. The van der Waals surface area contributed by atoms with Crippen molar-refractivity contribution in [2.45, 2.75) is 20.3 Å². The Bertz CT molecular complexity index is 280. The van der Waals surface area contributed by atoms with Crippen LogP contribution in [0.2, 0.25) is 0 Å². The number of hydrogen-bond donors (Lipinski definition) is 1. The molecule has 0 unspecified atom stereocenters. The number of nitrogens with zero attached hydrogens (tertiary/aromatic N) is 1. The van der Waals surface area contributed by atoms with E-state index >= 15 is 0 Å². The fraction of sp³-hybridized carbons (Fsp3) is 0.429. The SMILES string of the molecule is CCc1[nH]nc(C(=O)Cl)c1C. The van der Waals surface area contributed by atoms with Crippen molar-refractivity contribution >= 4 is 16.8 Å². The topological polar surface area (TPSA) is 45.8 Å². The first-order chi connectivity index (χ1) is 5.16. The van der Waals surface area contributed by atoms with E-state index in [4.69, 9.17) is 11.6 Å². The van der Waals surface area contributed by atoms with Crippen molar-refractivity contribution in [3.05, 3.63) is 17.0 Å². The van der Waals surface area contributed by atoms with Crippen LogP contribution in [-0.4, -0.2) is 15.4 Å². The summed E-state index contributed by atoms with van der Waals surface area (Å²) in [6.07, 6.45) is 0.836. The van der Waals surface area contributed by atoms with Gasteiger partial charge in [0, 0.05) is 11.3 Å². The Hall–Kier alpha value is -0.830. The molecule has 11 heavy (non-hydrogen) atoms. The Morgan fingerprint density at radius 2 is 2.36 bits per heavy atom. The zero-order valence-corrected chi connectivity index (χ0v) is 7.20. The molecule has 1 heterocycles. The van der Waals surface area contributed by atoms with E-state index in [-0.39, 0.29) is 0 Å². The third-order valence-corrected chi connectivity index (χ3v) is 1.83. The smallest absolute Gasteiger partial charge is 0.272 e. The fourth-order valence-corrected chi connectivity index (χ4v) is 1.15. The molecule has 0 saturated carbocycles. The lowest BCUT2D eigenvalue weighted by atomic mass is 10.2. The van der Waals surface area contributed by atoms with Crippen LogP contribution in [0.4, 0.5) is 0 Å². The molecule has 60 valence electrons. The first-order valence-electron chi connectivity index (χ1n) is 3.40. The normalized spacial score (nSPS) is 10.1. The van der Waals surface area contributed by atoms with Gasteiger partial charge in [-0.15, -0.1) is 0 Å². The Labute approximate surface area is 69.8 Å². The molecule has 0 aliphatic carbocycles. The summed E-state index contributed by atoms with van der Waals surface area (Å²) >= 11 is 5.26. The molecule has 1 aromatic heterocycles. The summed E-state index contributed by atoms with van der Waals surface area (Å²) in [6, 6.07) is 0. The molecule has 4 heteroatoms. The number of rotatable bonds is 2. The van der Waals surface area contributed by atoms with Crippen LogP contribution in [0.15, 0.2) is 0 Å². The average molecular weight is 173 g/mol. The van der Waals surface area contributed by atoms with Crippen LogP contribution < -0.4 is 0 Å². The number of aryl methyl sites for hydroxylation is 1. The van der Waals surface area contributed by atoms with E-state index in [9.17, 15) is 4.79 Å². The molecule has 0 aromatic carbocycles. The third-order valence-electron chi connectivity index (χ3n) is 1.65. The number of aromatic nitrogens is 2. The van der Waals surface area contributed by atoms with Crippen molar-refractivity contribution in [3.63, 3.8) is 0 Å². The number of carbonyl (C=O) groups excluding carboxylic acids is 1. The zero-order chi connectivity index (χ0) is 8.43. The summed E-state index contributed by atoms with van der Waals surface area (Å²) in [5, 5.41) is 6.03. The number of aromatic amines is 1. The summed E-state index contributed by atoms with van der Waals surface area (Å²) in [5.41, 5.74) is 2.16. The number of hydrogen-bond acceptors (Lipinski definition) is 2. The average Bonchev–Trinajstić information content (AvgIpc) is 2.30. The molecule has 0 fully saturated rings. The molecule has 0 saturated heterocycles. The summed E-state index contributed by atoms with van der Waals surface area (Å²) in [6.45, 7) is 3.82. The molecular weight excluding hydrogens is 164 g/mol. The third kappa shape index (κ3) is 1.43. The van der Waals surface area contributed by atoms with E-state index in [0.29, 0.717) is 5.69 Å². The first kappa shape index (κ1) is 8.27. The van der Waals surface area contributed by atoms with Gasteiger partial charge in [0.2, 0.25) is 0 Å². The second-order valence-electron chi connectivity index (χ2n) is 2.30. The van der Waals surface area contributed by atoms with E-state index in [0.717, 1.165) is 17.7 Å². The highest BCUT2D eigenvalue weighted by Crippen LogP contribution is 2.11. The highest BCUT2D eigenvalue weighted by Gasteiger charge is 2.12. The maximum atomic E-state index is 10.7. The van der Waals surface area contributed by atoms with Gasteiger partial charge in [-0.2, -0.15) is 5.10 Å². The van der Waals surface area contributed by atoms with Crippen LogP contribution in [0.1, 0.15) is 28.7 Å². The van der Waals surface area contributed by atoms with Gasteiger partial charge in [0.15, 0.2) is 0 Å². The highest BCUT2D eigenvalue weighted by molar-refractivity contribution is 6.67. The predicted octanol–water partition coefficient (Wildman–Crippen LogP) is 1.66. The molecule has 1 rings (SSSR count). The van der Waals surface area contributed by atoms with Crippen molar-refractivity contribution in [2.75, 3.05) is 0 Å². The van der Waals surface area contributed by atoms with E-state index < -0.39 is 5.24 Å². The minimum absolute atomic E-state index is 0.337. The van der Waals surface area contributed by atoms with Crippen molar-refractivity contribution in [1.82, 2.24) is 10.2 Å². The lowest BCUT2D eigenvalue weighted by molar-refractivity contribution is 0.107. The van der Waals surface area contributed by atoms with Gasteiger partial charge in [0.05, 0.1) is 0 Å². The van der Waals surface area contributed by atoms with Gasteiger partial charge < -0.3 is 0 Å². The maximum Gasteiger partial charge on any atom is 0.272 e. The quantitative estimate of drug-likeness (QED) is 0.690. The molecule has 3 nitrogen and oxygen atoms in total. The number of halogens is 1. The zero-order valence-electron chi connectivity index (χ0n) is 6.44. The van der Waals surface area contributed by atoms with Crippen molar-refractivity contribution < 1.29 is 4.79 Å². The molecule has 0 bridgehead atoms. The van der Waals surface area contributed by atoms with Crippen LogP contribution in [-0.2, 0) is 6.42 Å². The van der Waals surface area contributed by atoms with Gasteiger partial charge in [-0.3, -0.25) is 9.89 Å². The highest BCUT2D eigenvalue weighted by atomic mass is 35.5. The second kappa shape index (κ2) is 3.05. The van der Waals surface area contributed by atoms with E-state index in [1.165, 1.54) is 0 Å². The van der Waals surface area contributed by atoms with Gasteiger partial charge in [-0.25, -0.2) is 0 Å². The fourth-order valence-electron chi connectivity index (χ4n) is 0.970. The van der Waals surface area contributed by atoms with Crippen molar-refractivity contribution in [3.8, 4) is 0 Å². The Morgan fingerprint density at radius 1 is 1.73 bits per heavy atom. The summed E-state index contributed by atoms with van der Waals surface area (Å²) < 4.78 is 0. The molecule has 0 spiro atoms. The van der Waals surface area contributed by atoms with Crippen LogP contribution >= 0.6 is 11.6 Å². The monoisotopic (exact) mass is 172 g/mol. The molecule has 0 radical (unpaired) electrons. The largest absolute Gasteiger partial charge is 0.282 e. The Morgan fingerprint density at radius 3 is 2.64 bits per heavy atom. The predicted molar refractivity (Wildman–Crippen MR) is 42.9 cm³/mol. The maximum absolute atomic E-state index is 10.7. The van der Waals surface area contributed by atoms with Gasteiger partial charge in [-0.1, -0.05) is 6.92 Å². The Kier molecular flexibility index (Phi) is 2.29. The van der Waals surface area contributed by atoms with Gasteiger partial charge in [0.1, 0.15) is 5.69 Å². The molecule has 1 aromatic rings. The molecular formula is C7H9ClN2O. The number of H-pyrrole nitrogens is 1. The minimum atomic E-state index is -0.501. The van der Waals surface area contributed by atoms with E-state index in [1.807, 2.05) is 13.8 Å². The lowest BCUT2D eigenvalue weighted by Gasteiger charge is -1.90. The van der Waals surface area contributed by atoms with Gasteiger partial charge in [0.25, 0.3) is 5.24 Å². The van der Waals surface area contributed by atoms with Crippen LogP contribution in [0, 0.1) is 6.92 Å². The van der Waals surface area contributed by atoms with Crippen LogP contribution in [0.3, 0.4) is 0 Å². The summed E-state index contributed by atoms with van der Waals surface area (Å²) in [4.78, 5) is 10.7. The summed E-state index contributed by atoms with van der Waals surface area (Å²) in [7, 11) is 0. The van der Waals surface area contributed by atoms with Gasteiger partial charge in [-0.05, 0) is 24.9 Å².